The van der Waals surface area contributed by atoms with E-state index in [1.54, 1.807) is 12.1 Å². The third-order valence-corrected chi connectivity index (χ3v) is 8.21. The Morgan fingerprint density at radius 2 is 1.61 bits per heavy atom. The molecule has 1 aliphatic rings. The van der Waals surface area contributed by atoms with Gasteiger partial charge in [0.1, 0.15) is 17.9 Å². The van der Waals surface area contributed by atoms with Gasteiger partial charge in [-0.1, -0.05) is 58.6 Å². The fraction of sp³-hybridized carbons (Fsp3) is 0.296. The third kappa shape index (κ3) is 5.80. The van der Waals surface area contributed by atoms with Crippen molar-refractivity contribution in [1.29, 1.82) is 0 Å². The Bertz CT molecular complexity index is 1390. The molecule has 1 amide bonds. The van der Waals surface area contributed by atoms with Gasteiger partial charge < -0.3 is 10.1 Å². The number of benzene rings is 3. The predicted molar refractivity (Wildman–Crippen MR) is 144 cm³/mol. The van der Waals surface area contributed by atoms with Crippen LogP contribution >= 0.6 is 23.2 Å². The summed E-state index contributed by atoms with van der Waals surface area (Å²) in [6.45, 7) is 7.30. The van der Waals surface area contributed by atoms with Crippen LogP contribution < -0.4 is 14.4 Å². The van der Waals surface area contributed by atoms with E-state index in [1.807, 2.05) is 45.9 Å². The molecule has 0 bridgehead atoms. The van der Waals surface area contributed by atoms with Gasteiger partial charge in [-0.25, -0.2) is 8.42 Å². The summed E-state index contributed by atoms with van der Waals surface area (Å²) in [7, 11) is -4.10. The van der Waals surface area contributed by atoms with Crippen LogP contribution in [0.15, 0.2) is 65.6 Å². The molecule has 36 heavy (non-hydrogen) atoms. The first-order valence-electron chi connectivity index (χ1n) is 11.5. The quantitative estimate of drug-likeness (QED) is 0.398. The summed E-state index contributed by atoms with van der Waals surface area (Å²) in [4.78, 5) is 13.4. The standard InChI is InChI=1S/C27H28Cl2N2O4S/c1-17-5-8-22(9-6-17)36(33,34)31(21-13-19(28)12-20(29)14-21)16-26(32)30-24-15-27(3,4)35-25-10-7-18(2)11-23(24)25/h5-14,24H,15-16H2,1-4H3,(H,30,32). The molecule has 1 unspecified atom stereocenters. The highest BCUT2D eigenvalue weighted by atomic mass is 35.5. The van der Waals surface area contributed by atoms with Gasteiger partial charge in [-0.05, 0) is 64.1 Å². The number of carbonyl (C=O) groups excluding carboxylic acids is 1. The van der Waals surface area contributed by atoms with E-state index in [0.29, 0.717) is 12.2 Å². The molecule has 1 aliphatic heterocycles. The van der Waals surface area contributed by atoms with Gasteiger partial charge in [0.2, 0.25) is 5.91 Å². The number of amides is 1. The van der Waals surface area contributed by atoms with Crippen LogP contribution in [0.4, 0.5) is 5.69 Å². The van der Waals surface area contributed by atoms with Crippen molar-refractivity contribution in [1.82, 2.24) is 5.32 Å². The minimum absolute atomic E-state index is 0.0603. The monoisotopic (exact) mass is 546 g/mol. The van der Waals surface area contributed by atoms with Crippen molar-refractivity contribution in [2.24, 2.45) is 0 Å². The van der Waals surface area contributed by atoms with Crippen molar-refractivity contribution in [2.75, 3.05) is 10.8 Å². The molecule has 0 saturated carbocycles. The molecule has 190 valence electrons. The van der Waals surface area contributed by atoms with Crippen LogP contribution in [0.5, 0.6) is 5.75 Å². The lowest BCUT2D eigenvalue weighted by Gasteiger charge is -2.38. The minimum Gasteiger partial charge on any atom is -0.487 e. The number of hydrogen-bond donors (Lipinski definition) is 1. The molecule has 0 aliphatic carbocycles. The first kappa shape index (κ1) is 26.3. The molecule has 4 rings (SSSR count). The number of nitrogens with zero attached hydrogens (tertiary/aromatic N) is 1. The van der Waals surface area contributed by atoms with Crippen LogP contribution in [-0.4, -0.2) is 26.5 Å². The molecule has 0 saturated heterocycles. The van der Waals surface area contributed by atoms with E-state index in [4.69, 9.17) is 27.9 Å². The Morgan fingerprint density at radius 1 is 1.00 bits per heavy atom. The maximum Gasteiger partial charge on any atom is 0.264 e. The van der Waals surface area contributed by atoms with Crippen LogP contribution in [0.25, 0.3) is 0 Å². The molecule has 6 nitrogen and oxygen atoms in total. The number of rotatable bonds is 6. The molecule has 0 spiro atoms. The van der Waals surface area contributed by atoms with Crippen molar-refractivity contribution >= 4 is 44.8 Å². The van der Waals surface area contributed by atoms with Gasteiger partial charge in [-0.15, -0.1) is 0 Å². The molecule has 9 heteroatoms. The van der Waals surface area contributed by atoms with E-state index in [1.165, 1.54) is 30.3 Å². The molecule has 3 aromatic rings. The van der Waals surface area contributed by atoms with Gasteiger partial charge >= 0.3 is 0 Å². The average Bonchev–Trinajstić information content (AvgIpc) is 2.77. The van der Waals surface area contributed by atoms with Gasteiger partial charge in [-0.2, -0.15) is 0 Å². The zero-order valence-electron chi connectivity index (χ0n) is 20.5. The summed E-state index contributed by atoms with van der Waals surface area (Å²) in [6.07, 6.45) is 0.531. The number of fused-ring (bicyclic) bond motifs is 1. The predicted octanol–water partition coefficient (Wildman–Crippen LogP) is 6.22. The molecule has 0 fully saturated rings. The summed E-state index contributed by atoms with van der Waals surface area (Å²) < 4.78 is 34.5. The molecule has 1 N–H and O–H groups in total. The van der Waals surface area contributed by atoms with E-state index in [9.17, 15) is 13.2 Å². The van der Waals surface area contributed by atoms with Gasteiger partial charge in [0, 0.05) is 22.0 Å². The Kier molecular flexibility index (Phi) is 7.28. The minimum atomic E-state index is -4.10. The Labute approximate surface area is 222 Å². The number of sulfonamides is 1. The molecular formula is C27H28Cl2N2O4S. The van der Waals surface area contributed by atoms with Gasteiger partial charge in [0.15, 0.2) is 0 Å². The molecule has 0 aromatic heterocycles. The second-order valence-corrected chi connectivity index (χ2v) is 12.4. The SMILES string of the molecule is Cc1ccc(S(=O)(=O)N(CC(=O)NC2CC(C)(C)Oc3ccc(C)cc32)c2cc(Cl)cc(Cl)c2)cc1. The highest BCUT2D eigenvalue weighted by molar-refractivity contribution is 7.92. The van der Waals surface area contributed by atoms with Crippen molar-refractivity contribution < 1.29 is 17.9 Å². The summed E-state index contributed by atoms with van der Waals surface area (Å²) in [5.74, 6) is 0.241. The Hall–Kier alpha value is -2.74. The first-order chi connectivity index (χ1) is 16.8. The summed E-state index contributed by atoms with van der Waals surface area (Å²) >= 11 is 12.4. The first-order valence-corrected chi connectivity index (χ1v) is 13.7. The van der Waals surface area contributed by atoms with Gasteiger partial charge in [0.05, 0.1) is 16.6 Å². The van der Waals surface area contributed by atoms with Crippen LogP contribution in [0.2, 0.25) is 10.0 Å². The van der Waals surface area contributed by atoms with E-state index < -0.39 is 28.1 Å². The van der Waals surface area contributed by atoms with E-state index in [2.05, 4.69) is 5.32 Å². The summed E-state index contributed by atoms with van der Waals surface area (Å²) in [6, 6.07) is 16.4. The topological polar surface area (TPSA) is 75.7 Å². The second kappa shape index (κ2) is 9.96. The number of carbonyl (C=O) groups is 1. The number of nitrogens with one attached hydrogen (secondary N) is 1. The smallest absolute Gasteiger partial charge is 0.264 e. The molecule has 3 aromatic carbocycles. The van der Waals surface area contributed by atoms with Gasteiger partial charge in [-0.3, -0.25) is 9.10 Å². The number of hydrogen-bond acceptors (Lipinski definition) is 4. The van der Waals surface area contributed by atoms with Crippen molar-refractivity contribution in [3.8, 4) is 5.75 Å². The second-order valence-electron chi connectivity index (χ2n) is 9.68. The lowest BCUT2D eigenvalue weighted by Crippen LogP contribution is -2.45. The fourth-order valence-electron chi connectivity index (χ4n) is 4.31. The molecule has 1 atom stereocenters. The number of ether oxygens (including phenoxy) is 1. The largest absolute Gasteiger partial charge is 0.487 e. The van der Waals surface area contributed by atoms with E-state index in [-0.39, 0.29) is 26.7 Å². The molecule has 1 heterocycles. The van der Waals surface area contributed by atoms with Crippen molar-refractivity contribution in [3.63, 3.8) is 0 Å². The van der Waals surface area contributed by atoms with Crippen molar-refractivity contribution in [3.05, 3.63) is 87.4 Å². The average molecular weight is 548 g/mol. The number of aryl methyl sites for hydroxylation is 2. The van der Waals surface area contributed by atoms with Crippen LogP contribution in [0, 0.1) is 13.8 Å². The highest BCUT2D eigenvalue weighted by Crippen LogP contribution is 2.40. The lowest BCUT2D eigenvalue weighted by molar-refractivity contribution is -0.120. The van der Waals surface area contributed by atoms with Crippen LogP contribution in [-0.2, 0) is 14.8 Å². The zero-order chi connectivity index (χ0) is 26.3. The molecular weight excluding hydrogens is 519 g/mol. The molecule has 0 radical (unpaired) electrons. The maximum absolute atomic E-state index is 13.7. The number of halogens is 2. The summed E-state index contributed by atoms with van der Waals surface area (Å²) in [5, 5.41) is 3.55. The van der Waals surface area contributed by atoms with E-state index >= 15 is 0 Å². The zero-order valence-corrected chi connectivity index (χ0v) is 22.8. The number of anilines is 1. The van der Waals surface area contributed by atoms with Gasteiger partial charge in [0.25, 0.3) is 10.0 Å². The highest BCUT2D eigenvalue weighted by Gasteiger charge is 2.35. The fourth-order valence-corrected chi connectivity index (χ4v) is 6.23. The maximum atomic E-state index is 13.7. The normalized spacial score (nSPS) is 16.6. The Balaban J connectivity index is 1.68. The summed E-state index contributed by atoms with van der Waals surface area (Å²) in [5.41, 5.74) is 2.51. The van der Waals surface area contributed by atoms with Crippen LogP contribution in [0.3, 0.4) is 0 Å². The van der Waals surface area contributed by atoms with E-state index in [0.717, 1.165) is 21.0 Å². The van der Waals surface area contributed by atoms with Crippen molar-refractivity contribution in [2.45, 2.75) is 50.7 Å². The van der Waals surface area contributed by atoms with Crippen LogP contribution in [0.1, 0.15) is 43.0 Å². The lowest BCUT2D eigenvalue weighted by atomic mass is 9.89. The Morgan fingerprint density at radius 3 is 2.25 bits per heavy atom. The third-order valence-electron chi connectivity index (χ3n) is 5.99.